The predicted molar refractivity (Wildman–Crippen MR) is 77.1 cm³/mol. The van der Waals surface area contributed by atoms with Gasteiger partial charge in [0, 0.05) is 8.95 Å². The van der Waals surface area contributed by atoms with Crippen molar-refractivity contribution in [1.29, 1.82) is 0 Å². The van der Waals surface area contributed by atoms with Crippen LogP contribution in [0.2, 0.25) is 0 Å². The number of rotatable bonds is 5. The summed E-state index contributed by atoms with van der Waals surface area (Å²) in [7, 11) is 0. The average Bonchev–Trinajstić information content (AvgIpc) is 2.67. The standard InChI is InChI=1S/C12H15Br2N3/c1-2-3-4-5-6-17-15-11-8-9(13)7-10(14)12(11)16-17/h7-8H,2-6H2,1H3. The Labute approximate surface area is 118 Å². The second-order valence-electron chi connectivity index (χ2n) is 4.11. The molecule has 0 saturated carbocycles. The first kappa shape index (κ1) is 13.0. The van der Waals surface area contributed by atoms with E-state index in [0.29, 0.717) is 0 Å². The number of nitrogens with zero attached hydrogens (tertiary/aromatic N) is 3. The third kappa shape index (κ3) is 3.28. The minimum absolute atomic E-state index is 0.902. The van der Waals surface area contributed by atoms with Crippen LogP contribution in [-0.2, 0) is 6.54 Å². The van der Waals surface area contributed by atoms with E-state index >= 15 is 0 Å². The van der Waals surface area contributed by atoms with Gasteiger partial charge in [-0.05, 0) is 34.5 Å². The maximum Gasteiger partial charge on any atom is 0.127 e. The van der Waals surface area contributed by atoms with Crippen LogP contribution in [-0.4, -0.2) is 15.0 Å². The summed E-state index contributed by atoms with van der Waals surface area (Å²) in [6.45, 7) is 3.12. The highest BCUT2D eigenvalue weighted by molar-refractivity contribution is 9.11. The van der Waals surface area contributed by atoms with Gasteiger partial charge in [-0.1, -0.05) is 42.1 Å². The molecule has 0 radical (unpaired) electrons. The molecule has 0 fully saturated rings. The van der Waals surface area contributed by atoms with E-state index in [1.807, 2.05) is 12.1 Å². The van der Waals surface area contributed by atoms with Crippen LogP contribution in [0.4, 0.5) is 0 Å². The van der Waals surface area contributed by atoms with Crippen LogP contribution in [0.25, 0.3) is 11.0 Å². The van der Waals surface area contributed by atoms with Crippen molar-refractivity contribution in [3.63, 3.8) is 0 Å². The van der Waals surface area contributed by atoms with Gasteiger partial charge in [-0.2, -0.15) is 15.0 Å². The van der Waals surface area contributed by atoms with E-state index in [4.69, 9.17) is 0 Å². The van der Waals surface area contributed by atoms with Gasteiger partial charge in [-0.15, -0.1) is 0 Å². The number of halogens is 2. The van der Waals surface area contributed by atoms with E-state index in [2.05, 4.69) is 49.0 Å². The Morgan fingerprint density at radius 2 is 1.94 bits per heavy atom. The lowest BCUT2D eigenvalue weighted by Gasteiger charge is -1.98. The van der Waals surface area contributed by atoms with Crippen molar-refractivity contribution in [3.05, 3.63) is 21.1 Å². The van der Waals surface area contributed by atoms with E-state index in [-0.39, 0.29) is 0 Å². The first-order valence-electron chi connectivity index (χ1n) is 5.90. The predicted octanol–water partition coefficient (Wildman–Crippen LogP) is 4.54. The zero-order valence-corrected chi connectivity index (χ0v) is 13.0. The Kier molecular flexibility index (Phi) is 4.56. The van der Waals surface area contributed by atoms with Crippen molar-refractivity contribution >= 4 is 42.9 Å². The normalized spacial score (nSPS) is 11.2. The number of hydrogen-bond acceptors (Lipinski definition) is 2. The molecule has 1 heterocycles. The number of hydrogen-bond donors (Lipinski definition) is 0. The summed E-state index contributed by atoms with van der Waals surface area (Å²) in [5, 5.41) is 8.97. The van der Waals surface area contributed by atoms with Crippen LogP contribution < -0.4 is 0 Å². The Bertz CT molecular complexity index is 508. The molecular weight excluding hydrogens is 346 g/mol. The zero-order chi connectivity index (χ0) is 12.3. The summed E-state index contributed by atoms with van der Waals surface area (Å²) in [5.74, 6) is 0. The van der Waals surface area contributed by atoms with Crippen molar-refractivity contribution in [3.8, 4) is 0 Å². The topological polar surface area (TPSA) is 30.7 Å². The monoisotopic (exact) mass is 359 g/mol. The molecule has 5 heteroatoms. The summed E-state index contributed by atoms with van der Waals surface area (Å²) < 4.78 is 2.01. The van der Waals surface area contributed by atoms with Crippen LogP contribution in [0.3, 0.4) is 0 Å². The fourth-order valence-corrected chi connectivity index (χ4v) is 3.05. The van der Waals surface area contributed by atoms with Gasteiger partial charge in [0.25, 0.3) is 0 Å². The molecule has 0 spiro atoms. The summed E-state index contributed by atoms with van der Waals surface area (Å²) in [4.78, 5) is 1.80. The average molecular weight is 361 g/mol. The molecule has 1 aromatic carbocycles. The molecule has 2 aromatic rings. The van der Waals surface area contributed by atoms with E-state index in [1.54, 1.807) is 4.80 Å². The van der Waals surface area contributed by atoms with Crippen LogP contribution >= 0.6 is 31.9 Å². The van der Waals surface area contributed by atoms with Crippen LogP contribution in [0.15, 0.2) is 21.1 Å². The summed E-state index contributed by atoms with van der Waals surface area (Å²) >= 11 is 6.97. The first-order chi connectivity index (χ1) is 8.20. The fraction of sp³-hybridized carbons (Fsp3) is 0.500. The quantitative estimate of drug-likeness (QED) is 0.733. The Morgan fingerprint density at radius 1 is 1.12 bits per heavy atom. The smallest absolute Gasteiger partial charge is 0.127 e. The van der Waals surface area contributed by atoms with Gasteiger partial charge in [0.2, 0.25) is 0 Å². The second-order valence-corrected chi connectivity index (χ2v) is 5.88. The zero-order valence-electron chi connectivity index (χ0n) is 9.79. The first-order valence-corrected chi connectivity index (χ1v) is 7.49. The number of fused-ring (bicyclic) bond motifs is 1. The van der Waals surface area contributed by atoms with Gasteiger partial charge >= 0.3 is 0 Å². The van der Waals surface area contributed by atoms with Crippen molar-refractivity contribution in [2.24, 2.45) is 0 Å². The van der Waals surface area contributed by atoms with Crippen LogP contribution in [0.5, 0.6) is 0 Å². The lowest BCUT2D eigenvalue weighted by atomic mass is 10.2. The maximum absolute atomic E-state index is 4.49. The highest BCUT2D eigenvalue weighted by atomic mass is 79.9. The summed E-state index contributed by atoms with van der Waals surface area (Å²) in [5.41, 5.74) is 1.87. The Morgan fingerprint density at radius 3 is 2.71 bits per heavy atom. The largest absolute Gasteiger partial charge is 0.184 e. The highest BCUT2D eigenvalue weighted by Gasteiger charge is 2.07. The van der Waals surface area contributed by atoms with E-state index in [1.165, 1.54) is 19.3 Å². The summed E-state index contributed by atoms with van der Waals surface area (Å²) in [6.07, 6.45) is 4.94. The maximum atomic E-state index is 4.49. The lowest BCUT2D eigenvalue weighted by Crippen LogP contribution is -2.01. The van der Waals surface area contributed by atoms with E-state index in [0.717, 1.165) is 32.9 Å². The van der Waals surface area contributed by atoms with Crippen molar-refractivity contribution in [2.75, 3.05) is 0 Å². The lowest BCUT2D eigenvalue weighted by molar-refractivity contribution is 0.495. The number of aromatic nitrogens is 3. The minimum atomic E-state index is 0.902. The molecule has 0 unspecified atom stereocenters. The van der Waals surface area contributed by atoms with Gasteiger partial charge < -0.3 is 0 Å². The van der Waals surface area contributed by atoms with Gasteiger partial charge in [0.05, 0.1) is 6.54 Å². The number of aryl methyl sites for hydroxylation is 1. The molecule has 0 aliphatic rings. The number of benzene rings is 1. The van der Waals surface area contributed by atoms with Crippen molar-refractivity contribution in [2.45, 2.75) is 39.2 Å². The third-order valence-electron chi connectivity index (χ3n) is 2.66. The summed E-state index contributed by atoms with van der Waals surface area (Å²) in [6, 6.07) is 3.99. The van der Waals surface area contributed by atoms with Crippen molar-refractivity contribution in [1.82, 2.24) is 15.0 Å². The van der Waals surface area contributed by atoms with Crippen molar-refractivity contribution < 1.29 is 0 Å². The molecule has 2 rings (SSSR count). The molecule has 0 saturated heterocycles. The third-order valence-corrected chi connectivity index (χ3v) is 3.72. The number of unbranched alkanes of at least 4 members (excludes halogenated alkanes) is 3. The van der Waals surface area contributed by atoms with Gasteiger partial charge in [-0.25, -0.2) is 0 Å². The molecule has 17 heavy (non-hydrogen) atoms. The molecule has 0 bridgehead atoms. The van der Waals surface area contributed by atoms with Crippen LogP contribution in [0, 0.1) is 0 Å². The van der Waals surface area contributed by atoms with E-state index < -0.39 is 0 Å². The van der Waals surface area contributed by atoms with E-state index in [9.17, 15) is 0 Å². The molecule has 0 atom stereocenters. The second kappa shape index (κ2) is 5.96. The fourth-order valence-electron chi connectivity index (χ4n) is 1.77. The molecule has 92 valence electrons. The van der Waals surface area contributed by atoms with Gasteiger partial charge in [0.15, 0.2) is 0 Å². The molecule has 0 amide bonds. The highest BCUT2D eigenvalue weighted by Crippen LogP contribution is 2.25. The molecule has 1 aromatic heterocycles. The van der Waals surface area contributed by atoms with Gasteiger partial charge in [-0.3, -0.25) is 0 Å². The molecule has 0 N–H and O–H groups in total. The molecule has 0 aliphatic carbocycles. The van der Waals surface area contributed by atoms with Crippen LogP contribution in [0.1, 0.15) is 32.6 Å². The molecular formula is C12H15Br2N3. The van der Waals surface area contributed by atoms with Gasteiger partial charge in [0.1, 0.15) is 11.0 Å². The minimum Gasteiger partial charge on any atom is -0.184 e. The Hall–Kier alpha value is -0.420. The molecule has 3 nitrogen and oxygen atoms in total. The Balaban J connectivity index is 2.12. The SMILES string of the molecule is CCCCCCn1nc2cc(Br)cc(Br)c2n1. The molecule has 0 aliphatic heterocycles.